The molecule has 0 spiro atoms. The minimum absolute atomic E-state index is 0.224. The zero-order valence-electron chi connectivity index (χ0n) is 15.5. The first kappa shape index (κ1) is 20.3. The van der Waals surface area contributed by atoms with Crippen LogP contribution < -0.4 is 10.1 Å². The molecule has 2 amide bonds. The van der Waals surface area contributed by atoms with E-state index < -0.39 is 6.36 Å². The van der Waals surface area contributed by atoms with E-state index in [0.717, 1.165) is 15.7 Å². The van der Waals surface area contributed by atoms with Gasteiger partial charge in [0.2, 0.25) is 0 Å². The SMILES string of the molecule is O=C(Nc1cccc(Br)c1)N1CCn2c(-c3ccc(OC(F)(F)F)cc3)cnc2C1. The van der Waals surface area contributed by atoms with Gasteiger partial charge in [0.15, 0.2) is 0 Å². The highest BCUT2D eigenvalue weighted by Gasteiger charge is 2.31. The Morgan fingerprint density at radius 3 is 2.60 bits per heavy atom. The zero-order chi connectivity index (χ0) is 21.3. The van der Waals surface area contributed by atoms with Crippen LogP contribution >= 0.6 is 15.9 Å². The molecule has 1 aliphatic heterocycles. The molecule has 6 nitrogen and oxygen atoms in total. The van der Waals surface area contributed by atoms with Gasteiger partial charge in [0.1, 0.15) is 11.6 Å². The molecule has 0 unspecified atom stereocenters. The lowest BCUT2D eigenvalue weighted by Gasteiger charge is -2.28. The molecule has 156 valence electrons. The van der Waals surface area contributed by atoms with E-state index in [4.69, 9.17) is 0 Å². The number of alkyl halides is 3. The van der Waals surface area contributed by atoms with E-state index in [1.165, 1.54) is 12.1 Å². The van der Waals surface area contributed by atoms with Gasteiger partial charge in [0, 0.05) is 28.8 Å². The summed E-state index contributed by atoms with van der Waals surface area (Å²) < 4.78 is 43.7. The Hall–Kier alpha value is -3.01. The Labute approximate surface area is 178 Å². The predicted molar refractivity (Wildman–Crippen MR) is 108 cm³/mol. The van der Waals surface area contributed by atoms with E-state index in [2.05, 4.69) is 31.0 Å². The minimum atomic E-state index is -4.73. The van der Waals surface area contributed by atoms with Gasteiger partial charge >= 0.3 is 12.4 Å². The Morgan fingerprint density at radius 1 is 1.13 bits per heavy atom. The molecule has 30 heavy (non-hydrogen) atoms. The van der Waals surface area contributed by atoms with Crippen molar-refractivity contribution in [2.75, 3.05) is 11.9 Å². The first-order chi connectivity index (χ1) is 14.3. The van der Waals surface area contributed by atoms with Gasteiger partial charge in [-0.25, -0.2) is 9.78 Å². The summed E-state index contributed by atoms with van der Waals surface area (Å²) in [4.78, 5) is 18.6. The lowest BCUT2D eigenvalue weighted by atomic mass is 10.1. The standard InChI is InChI=1S/C20H16BrF3N4O2/c21-14-2-1-3-15(10-14)26-19(29)27-8-9-28-17(11-25-18(28)12-27)13-4-6-16(7-5-13)30-20(22,23)24/h1-7,10-11H,8-9,12H2,(H,26,29). The number of urea groups is 1. The predicted octanol–water partition coefficient (Wildman–Crippen LogP) is 5.26. The molecule has 10 heteroatoms. The van der Waals surface area contributed by atoms with Crippen molar-refractivity contribution < 1.29 is 22.7 Å². The molecule has 1 aliphatic rings. The highest BCUT2D eigenvalue weighted by Crippen LogP contribution is 2.28. The maximum atomic E-state index is 12.6. The maximum Gasteiger partial charge on any atom is 0.573 e. The largest absolute Gasteiger partial charge is 0.573 e. The average Bonchev–Trinajstić information content (AvgIpc) is 3.10. The van der Waals surface area contributed by atoms with E-state index in [0.29, 0.717) is 31.1 Å². The second kappa shape index (κ2) is 8.02. The molecule has 0 fully saturated rings. The van der Waals surface area contributed by atoms with Crippen molar-refractivity contribution in [2.45, 2.75) is 19.5 Å². The van der Waals surface area contributed by atoms with Crippen LogP contribution in [0, 0.1) is 0 Å². The van der Waals surface area contributed by atoms with Crippen molar-refractivity contribution in [3.63, 3.8) is 0 Å². The fourth-order valence-electron chi connectivity index (χ4n) is 3.26. The highest BCUT2D eigenvalue weighted by atomic mass is 79.9. The molecule has 0 bridgehead atoms. The lowest BCUT2D eigenvalue weighted by molar-refractivity contribution is -0.274. The smallest absolute Gasteiger partial charge is 0.406 e. The van der Waals surface area contributed by atoms with Gasteiger partial charge < -0.3 is 19.5 Å². The fourth-order valence-corrected chi connectivity index (χ4v) is 3.66. The fraction of sp³-hybridized carbons (Fsp3) is 0.200. The number of rotatable bonds is 3. The molecule has 1 aromatic heterocycles. The number of carbonyl (C=O) groups is 1. The van der Waals surface area contributed by atoms with Crippen LogP contribution in [0.4, 0.5) is 23.7 Å². The summed E-state index contributed by atoms with van der Waals surface area (Å²) in [6.45, 7) is 1.33. The third-order valence-electron chi connectivity index (χ3n) is 4.61. The minimum Gasteiger partial charge on any atom is -0.406 e. The molecular formula is C20H16BrF3N4O2. The first-order valence-corrected chi connectivity index (χ1v) is 9.80. The molecule has 4 rings (SSSR count). The number of fused-ring (bicyclic) bond motifs is 1. The summed E-state index contributed by atoms with van der Waals surface area (Å²) >= 11 is 3.37. The van der Waals surface area contributed by atoms with E-state index in [1.807, 2.05) is 22.8 Å². The van der Waals surface area contributed by atoms with Crippen LogP contribution in [0.25, 0.3) is 11.3 Å². The Kier molecular flexibility index (Phi) is 5.42. The topological polar surface area (TPSA) is 59.4 Å². The zero-order valence-corrected chi connectivity index (χ0v) is 17.1. The van der Waals surface area contributed by atoms with Gasteiger partial charge in [0.25, 0.3) is 0 Å². The molecule has 2 aromatic carbocycles. The summed E-state index contributed by atoms with van der Waals surface area (Å²) in [6.07, 6.45) is -3.07. The summed E-state index contributed by atoms with van der Waals surface area (Å²) in [5.41, 5.74) is 2.18. The van der Waals surface area contributed by atoms with E-state index in [-0.39, 0.29) is 11.8 Å². The van der Waals surface area contributed by atoms with Crippen molar-refractivity contribution in [3.05, 3.63) is 65.0 Å². The molecule has 0 aliphatic carbocycles. The van der Waals surface area contributed by atoms with Gasteiger partial charge in [-0.05, 0) is 42.5 Å². The first-order valence-electron chi connectivity index (χ1n) is 9.00. The van der Waals surface area contributed by atoms with Crippen LogP contribution in [0.3, 0.4) is 0 Å². The molecular weight excluding hydrogens is 465 g/mol. The number of halogens is 4. The highest BCUT2D eigenvalue weighted by molar-refractivity contribution is 9.10. The van der Waals surface area contributed by atoms with Crippen LogP contribution in [-0.2, 0) is 13.1 Å². The quantitative estimate of drug-likeness (QED) is 0.556. The molecule has 0 atom stereocenters. The molecule has 2 heterocycles. The van der Waals surface area contributed by atoms with E-state index in [1.54, 1.807) is 29.3 Å². The lowest BCUT2D eigenvalue weighted by Crippen LogP contribution is -2.41. The molecule has 0 saturated carbocycles. The van der Waals surface area contributed by atoms with Gasteiger partial charge in [-0.3, -0.25) is 0 Å². The van der Waals surface area contributed by atoms with Crippen molar-refractivity contribution in [1.82, 2.24) is 14.5 Å². The number of aromatic nitrogens is 2. The third kappa shape index (κ3) is 4.59. The van der Waals surface area contributed by atoms with Crippen molar-refractivity contribution >= 4 is 27.6 Å². The Bertz CT molecular complexity index is 1070. The second-order valence-corrected chi connectivity index (χ2v) is 7.56. The number of anilines is 1. The van der Waals surface area contributed by atoms with Gasteiger partial charge in [0.05, 0.1) is 18.4 Å². The van der Waals surface area contributed by atoms with Crippen molar-refractivity contribution in [1.29, 1.82) is 0 Å². The number of hydrogen-bond donors (Lipinski definition) is 1. The number of benzene rings is 2. The average molecular weight is 481 g/mol. The van der Waals surface area contributed by atoms with Gasteiger partial charge in [-0.1, -0.05) is 22.0 Å². The summed E-state index contributed by atoms with van der Waals surface area (Å²) in [7, 11) is 0. The number of ether oxygens (including phenoxy) is 1. The third-order valence-corrected chi connectivity index (χ3v) is 5.10. The van der Waals surface area contributed by atoms with Crippen molar-refractivity contribution in [3.8, 4) is 17.0 Å². The maximum absolute atomic E-state index is 12.6. The molecule has 1 N–H and O–H groups in total. The van der Waals surface area contributed by atoms with Crippen molar-refractivity contribution in [2.24, 2.45) is 0 Å². The number of carbonyl (C=O) groups excluding carboxylic acids is 1. The number of nitrogens with one attached hydrogen (secondary N) is 1. The van der Waals surface area contributed by atoms with Crippen LogP contribution in [-0.4, -0.2) is 33.4 Å². The van der Waals surface area contributed by atoms with E-state index in [9.17, 15) is 18.0 Å². The number of imidazole rings is 1. The molecule has 3 aromatic rings. The van der Waals surface area contributed by atoms with Gasteiger partial charge in [-0.2, -0.15) is 0 Å². The van der Waals surface area contributed by atoms with Crippen LogP contribution in [0.15, 0.2) is 59.2 Å². The van der Waals surface area contributed by atoms with Crippen LogP contribution in [0.1, 0.15) is 5.82 Å². The number of amides is 2. The normalized spacial score (nSPS) is 13.7. The number of nitrogens with zero attached hydrogens (tertiary/aromatic N) is 3. The summed E-state index contributed by atoms with van der Waals surface area (Å²) in [5.74, 6) is 0.427. The monoisotopic (exact) mass is 480 g/mol. The molecule has 0 saturated heterocycles. The Morgan fingerprint density at radius 2 is 1.90 bits per heavy atom. The number of hydrogen-bond acceptors (Lipinski definition) is 3. The van der Waals surface area contributed by atoms with Crippen LogP contribution in [0.5, 0.6) is 5.75 Å². The van der Waals surface area contributed by atoms with Crippen LogP contribution in [0.2, 0.25) is 0 Å². The Balaban J connectivity index is 1.46. The second-order valence-electron chi connectivity index (χ2n) is 6.65. The summed E-state index contributed by atoms with van der Waals surface area (Å²) in [5, 5.41) is 2.86. The molecule has 0 radical (unpaired) electrons. The summed E-state index contributed by atoms with van der Waals surface area (Å²) in [6, 6.07) is 12.7. The van der Waals surface area contributed by atoms with Gasteiger partial charge in [-0.15, -0.1) is 13.2 Å². The van der Waals surface area contributed by atoms with E-state index >= 15 is 0 Å².